The molecule has 0 unspecified atom stereocenters. The highest BCUT2D eigenvalue weighted by Gasteiger charge is 2.15. The summed E-state index contributed by atoms with van der Waals surface area (Å²) in [5.41, 5.74) is 8.95. The monoisotopic (exact) mass is 665 g/mol. The van der Waals surface area contributed by atoms with Gasteiger partial charge in [0.2, 0.25) is 0 Å². The first-order valence-electron chi connectivity index (χ1n) is 17.0. The van der Waals surface area contributed by atoms with Crippen molar-refractivity contribution in [1.82, 2.24) is 34.9 Å². The lowest BCUT2D eigenvalue weighted by atomic mass is 9.99. The van der Waals surface area contributed by atoms with Crippen LogP contribution in [0, 0.1) is 0 Å². The SMILES string of the molecule is c1ccc2cc3c(-c4nc(-c5ccc(-c6ccc7ncncc7c6)cc5)nc(-c5ccc(-c6ccc7ncncc7c6)cc5)n4)cccc3cc2c1. The summed E-state index contributed by atoms with van der Waals surface area (Å²) in [7, 11) is 0. The Labute approximate surface area is 298 Å². The lowest BCUT2D eigenvalue weighted by Crippen LogP contribution is -2.00. The molecular formula is C45H27N7. The van der Waals surface area contributed by atoms with Gasteiger partial charge in [0.15, 0.2) is 17.5 Å². The number of hydrogen-bond donors (Lipinski definition) is 0. The predicted molar refractivity (Wildman–Crippen MR) is 208 cm³/mol. The Bertz CT molecular complexity index is 2820. The Hall–Kier alpha value is -7.25. The Morgan fingerprint density at radius 2 is 0.808 bits per heavy atom. The maximum atomic E-state index is 5.12. The highest BCUT2D eigenvalue weighted by molar-refractivity contribution is 6.04. The van der Waals surface area contributed by atoms with Crippen molar-refractivity contribution in [3.8, 4) is 56.4 Å². The van der Waals surface area contributed by atoms with Crippen LogP contribution in [0.25, 0.3) is 99.8 Å². The van der Waals surface area contributed by atoms with E-state index in [0.717, 1.165) is 71.5 Å². The molecule has 7 heteroatoms. The molecule has 52 heavy (non-hydrogen) atoms. The zero-order chi connectivity index (χ0) is 34.4. The van der Waals surface area contributed by atoms with E-state index in [2.05, 4.69) is 147 Å². The number of rotatable bonds is 5. The quantitative estimate of drug-likeness (QED) is 0.169. The van der Waals surface area contributed by atoms with E-state index >= 15 is 0 Å². The molecule has 0 amide bonds. The predicted octanol–water partition coefficient (Wildman–Crippen LogP) is 10.4. The maximum absolute atomic E-state index is 5.12. The second kappa shape index (κ2) is 12.3. The molecule has 7 aromatic carbocycles. The molecule has 0 atom stereocenters. The van der Waals surface area contributed by atoms with Crippen molar-refractivity contribution in [2.75, 3.05) is 0 Å². The van der Waals surface area contributed by atoms with Gasteiger partial charge >= 0.3 is 0 Å². The first-order chi connectivity index (χ1) is 25.7. The maximum Gasteiger partial charge on any atom is 0.164 e. The van der Waals surface area contributed by atoms with E-state index in [1.54, 1.807) is 12.7 Å². The van der Waals surface area contributed by atoms with Gasteiger partial charge in [-0.2, -0.15) is 0 Å². The van der Waals surface area contributed by atoms with Crippen LogP contribution in [-0.4, -0.2) is 34.9 Å². The Balaban J connectivity index is 1.09. The second-order valence-corrected chi connectivity index (χ2v) is 12.8. The molecule has 0 bridgehead atoms. The van der Waals surface area contributed by atoms with Crippen molar-refractivity contribution in [3.05, 3.63) is 165 Å². The fraction of sp³-hybridized carbons (Fsp3) is 0. The average Bonchev–Trinajstić information content (AvgIpc) is 3.22. The van der Waals surface area contributed by atoms with Crippen molar-refractivity contribution in [2.24, 2.45) is 0 Å². The molecule has 0 spiro atoms. The number of fused-ring (bicyclic) bond motifs is 4. The average molecular weight is 666 g/mol. The molecule has 3 heterocycles. The van der Waals surface area contributed by atoms with Crippen LogP contribution < -0.4 is 0 Å². The summed E-state index contributed by atoms with van der Waals surface area (Å²) in [4.78, 5) is 32.4. The Kier molecular flexibility index (Phi) is 6.99. The summed E-state index contributed by atoms with van der Waals surface area (Å²) in [6.45, 7) is 0. The molecule has 242 valence electrons. The van der Waals surface area contributed by atoms with Gasteiger partial charge < -0.3 is 0 Å². The van der Waals surface area contributed by atoms with Gasteiger partial charge in [-0.25, -0.2) is 34.9 Å². The summed E-state index contributed by atoms with van der Waals surface area (Å²) < 4.78 is 0. The Morgan fingerprint density at radius 1 is 0.327 bits per heavy atom. The standard InChI is InChI=1S/C45H27N7/c1-2-5-33-23-40-36(20-32(33)4-1)6-3-7-39(40)45-51-43(30-12-8-28(9-13-30)34-16-18-41-37(21-34)24-46-26-48-41)50-44(52-45)31-14-10-29(11-15-31)35-17-19-42-38(22-35)25-47-27-49-42/h1-27H. The zero-order valence-electron chi connectivity index (χ0n) is 27.7. The molecule has 0 aliphatic heterocycles. The van der Waals surface area contributed by atoms with Crippen molar-refractivity contribution in [3.63, 3.8) is 0 Å². The van der Waals surface area contributed by atoms with Gasteiger partial charge in [0.1, 0.15) is 12.7 Å². The van der Waals surface area contributed by atoms with Crippen molar-refractivity contribution in [2.45, 2.75) is 0 Å². The van der Waals surface area contributed by atoms with Gasteiger partial charge in [-0.3, -0.25) is 0 Å². The fourth-order valence-corrected chi connectivity index (χ4v) is 6.87. The van der Waals surface area contributed by atoms with E-state index in [0.29, 0.717) is 17.5 Å². The van der Waals surface area contributed by atoms with Gasteiger partial charge in [0.25, 0.3) is 0 Å². The minimum absolute atomic E-state index is 0.606. The van der Waals surface area contributed by atoms with Gasteiger partial charge in [-0.05, 0) is 80.2 Å². The molecule has 10 aromatic rings. The van der Waals surface area contributed by atoms with Crippen LogP contribution in [-0.2, 0) is 0 Å². The van der Waals surface area contributed by atoms with Crippen LogP contribution >= 0.6 is 0 Å². The Morgan fingerprint density at radius 3 is 1.38 bits per heavy atom. The number of hydrogen-bond acceptors (Lipinski definition) is 7. The fourth-order valence-electron chi connectivity index (χ4n) is 6.87. The molecule has 0 radical (unpaired) electrons. The van der Waals surface area contributed by atoms with Crippen molar-refractivity contribution >= 4 is 43.4 Å². The summed E-state index contributed by atoms with van der Waals surface area (Å²) in [5.74, 6) is 1.84. The van der Waals surface area contributed by atoms with Crippen molar-refractivity contribution in [1.29, 1.82) is 0 Å². The minimum Gasteiger partial charge on any atom is -0.244 e. The smallest absolute Gasteiger partial charge is 0.164 e. The zero-order valence-corrected chi connectivity index (χ0v) is 27.7. The molecule has 0 N–H and O–H groups in total. The van der Waals surface area contributed by atoms with E-state index in [4.69, 9.17) is 15.0 Å². The van der Waals surface area contributed by atoms with E-state index in [1.807, 2.05) is 24.5 Å². The minimum atomic E-state index is 0.606. The van der Waals surface area contributed by atoms with Crippen LogP contribution in [0.3, 0.4) is 0 Å². The highest BCUT2D eigenvalue weighted by Crippen LogP contribution is 2.34. The molecule has 0 aliphatic rings. The second-order valence-electron chi connectivity index (χ2n) is 12.8. The normalized spacial score (nSPS) is 11.5. The summed E-state index contributed by atoms with van der Waals surface area (Å²) in [6.07, 6.45) is 6.83. The van der Waals surface area contributed by atoms with Gasteiger partial charge in [0.05, 0.1) is 11.0 Å². The lowest BCUT2D eigenvalue weighted by molar-refractivity contribution is 1.08. The topological polar surface area (TPSA) is 90.2 Å². The van der Waals surface area contributed by atoms with Crippen LogP contribution in [0.4, 0.5) is 0 Å². The van der Waals surface area contributed by atoms with E-state index in [-0.39, 0.29) is 0 Å². The van der Waals surface area contributed by atoms with E-state index in [9.17, 15) is 0 Å². The molecule has 0 fully saturated rings. The van der Waals surface area contributed by atoms with Gasteiger partial charge in [0, 0.05) is 39.9 Å². The van der Waals surface area contributed by atoms with E-state index < -0.39 is 0 Å². The third kappa shape index (κ3) is 5.37. The largest absolute Gasteiger partial charge is 0.244 e. The van der Waals surface area contributed by atoms with Crippen LogP contribution in [0.5, 0.6) is 0 Å². The van der Waals surface area contributed by atoms with E-state index in [1.165, 1.54) is 10.8 Å². The molecule has 0 saturated heterocycles. The molecule has 7 nitrogen and oxygen atoms in total. The summed E-state index contributed by atoms with van der Waals surface area (Å²) >= 11 is 0. The molecule has 0 saturated carbocycles. The summed E-state index contributed by atoms with van der Waals surface area (Å²) in [5, 5.41) is 6.59. The highest BCUT2D eigenvalue weighted by atomic mass is 15.0. The molecule has 0 aliphatic carbocycles. The summed E-state index contributed by atoms with van der Waals surface area (Å²) in [6, 6.07) is 48.4. The van der Waals surface area contributed by atoms with Crippen molar-refractivity contribution < 1.29 is 0 Å². The molecule has 3 aromatic heterocycles. The number of benzene rings is 7. The lowest BCUT2D eigenvalue weighted by Gasteiger charge is -2.12. The number of nitrogens with zero attached hydrogens (tertiary/aromatic N) is 7. The van der Waals surface area contributed by atoms with Gasteiger partial charge in [-0.15, -0.1) is 0 Å². The van der Waals surface area contributed by atoms with Crippen LogP contribution in [0.2, 0.25) is 0 Å². The van der Waals surface area contributed by atoms with Crippen LogP contribution in [0.1, 0.15) is 0 Å². The first-order valence-corrected chi connectivity index (χ1v) is 17.0. The third-order valence-electron chi connectivity index (χ3n) is 9.59. The third-order valence-corrected chi connectivity index (χ3v) is 9.59. The number of aromatic nitrogens is 7. The molecular weight excluding hydrogens is 639 g/mol. The van der Waals surface area contributed by atoms with Crippen LogP contribution in [0.15, 0.2) is 165 Å². The van der Waals surface area contributed by atoms with Gasteiger partial charge in [-0.1, -0.05) is 103 Å². The first kappa shape index (κ1) is 29.6. The molecule has 10 rings (SSSR count).